The molecule has 21 heavy (non-hydrogen) atoms. The highest BCUT2D eigenvalue weighted by Crippen LogP contribution is 2.34. The van der Waals surface area contributed by atoms with Gasteiger partial charge in [0.2, 0.25) is 5.91 Å². The van der Waals surface area contributed by atoms with Gasteiger partial charge in [0.15, 0.2) is 0 Å². The fraction of sp³-hybridized carbons (Fsp3) is 0.588. The van der Waals surface area contributed by atoms with E-state index < -0.39 is 11.0 Å². The van der Waals surface area contributed by atoms with Gasteiger partial charge >= 0.3 is 0 Å². The molecule has 1 amide bonds. The third kappa shape index (κ3) is 3.63. The molecule has 0 aliphatic carbocycles. The minimum atomic E-state index is -0.459. The number of hydrogen-bond donors (Lipinski definition) is 3. The van der Waals surface area contributed by atoms with Crippen LogP contribution in [0.25, 0.3) is 0 Å². The molecule has 0 unspecified atom stereocenters. The molecule has 1 aliphatic rings. The van der Waals surface area contributed by atoms with Gasteiger partial charge in [-0.15, -0.1) is 0 Å². The fourth-order valence-electron chi connectivity index (χ4n) is 3.03. The fourth-order valence-corrected chi connectivity index (χ4v) is 3.03. The number of aliphatic hydroxyl groups excluding tert-OH is 1. The van der Waals surface area contributed by atoms with E-state index in [9.17, 15) is 4.79 Å². The maximum atomic E-state index is 13.0. The molecule has 1 saturated heterocycles. The molecule has 0 radical (unpaired) electrons. The summed E-state index contributed by atoms with van der Waals surface area (Å²) in [6.45, 7) is 5.69. The third-order valence-corrected chi connectivity index (χ3v) is 4.41. The maximum absolute atomic E-state index is 13.0. The van der Waals surface area contributed by atoms with E-state index in [1.165, 1.54) is 0 Å². The normalized spacial score (nSPS) is 18.2. The van der Waals surface area contributed by atoms with Gasteiger partial charge in [-0.05, 0) is 51.8 Å². The van der Waals surface area contributed by atoms with E-state index in [2.05, 4.69) is 10.6 Å². The Morgan fingerprint density at radius 3 is 2.48 bits per heavy atom. The molecule has 1 aromatic carbocycles. The summed E-state index contributed by atoms with van der Waals surface area (Å²) in [4.78, 5) is 13.0. The molecule has 116 valence electrons. The average Bonchev–Trinajstić information content (AvgIpc) is 2.48. The molecular formula is C17H26N2O2. The highest BCUT2D eigenvalue weighted by atomic mass is 16.3. The quantitative estimate of drug-likeness (QED) is 0.771. The molecule has 3 N–H and O–H groups in total. The first-order valence-electron chi connectivity index (χ1n) is 7.70. The number of nitrogens with one attached hydrogen (secondary N) is 2. The van der Waals surface area contributed by atoms with Crippen LogP contribution in [-0.4, -0.2) is 36.2 Å². The van der Waals surface area contributed by atoms with Crippen LogP contribution in [0.15, 0.2) is 30.3 Å². The van der Waals surface area contributed by atoms with Crippen molar-refractivity contribution in [1.29, 1.82) is 0 Å². The van der Waals surface area contributed by atoms with Crippen molar-refractivity contribution in [3.05, 3.63) is 35.9 Å². The molecule has 4 heteroatoms. The van der Waals surface area contributed by atoms with Crippen molar-refractivity contribution in [3.63, 3.8) is 0 Å². The lowest BCUT2D eigenvalue weighted by Crippen LogP contribution is -2.56. The van der Waals surface area contributed by atoms with Gasteiger partial charge < -0.3 is 15.7 Å². The van der Waals surface area contributed by atoms with Gasteiger partial charge in [0.05, 0.1) is 5.41 Å². The molecule has 2 rings (SSSR count). The van der Waals surface area contributed by atoms with E-state index in [-0.39, 0.29) is 12.5 Å². The van der Waals surface area contributed by atoms with Gasteiger partial charge in [0.1, 0.15) is 0 Å². The molecule has 1 aliphatic heterocycles. The van der Waals surface area contributed by atoms with Crippen LogP contribution < -0.4 is 10.6 Å². The summed E-state index contributed by atoms with van der Waals surface area (Å²) in [5.41, 5.74) is 0.237. The summed E-state index contributed by atoms with van der Waals surface area (Å²) in [7, 11) is 0. The van der Waals surface area contributed by atoms with Crippen LogP contribution >= 0.6 is 0 Å². The summed E-state index contributed by atoms with van der Waals surface area (Å²) >= 11 is 0. The Bertz CT molecular complexity index is 465. The largest absolute Gasteiger partial charge is 0.396 e. The molecule has 1 aromatic rings. The van der Waals surface area contributed by atoms with Gasteiger partial charge in [-0.2, -0.15) is 0 Å². The molecule has 0 aromatic heterocycles. The van der Waals surface area contributed by atoms with E-state index in [0.717, 1.165) is 31.5 Å². The first-order chi connectivity index (χ1) is 10.0. The molecule has 0 bridgehead atoms. The number of amides is 1. The number of carbonyl (C=O) groups is 1. The first kappa shape index (κ1) is 16.0. The molecule has 0 atom stereocenters. The van der Waals surface area contributed by atoms with Gasteiger partial charge in [-0.1, -0.05) is 30.3 Å². The second kappa shape index (κ2) is 6.58. The van der Waals surface area contributed by atoms with E-state index in [1.807, 2.05) is 44.2 Å². The number of benzene rings is 1. The molecule has 0 spiro atoms. The molecule has 4 nitrogen and oxygen atoms in total. The van der Waals surface area contributed by atoms with Gasteiger partial charge in [-0.3, -0.25) is 4.79 Å². The maximum Gasteiger partial charge on any atom is 0.231 e. The zero-order chi connectivity index (χ0) is 15.3. The first-order valence-corrected chi connectivity index (χ1v) is 7.70. The second-order valence-electron chi connectivity index (χ2n) is 6.51. The van der Waals surface area contributed by atoms with Crippen LogP contribution in [0.2, 0.25) is 0 Å². The number of hydrogen-bond acceptors (Lipinski definition) is 3. The van der Waals surface area contributed by atoms with Gasteiger partial charge in [0, 0.05) is 12.1 Å². The summed E-state index contributed by atoms with van der Waals surface area (Å²) in [6, 6.07) is 10.1. The third-order valence-electron chi connectivity index (χ3n) is 4.41. The summed E-state index contributed by atoms with van der Waals surface area (Å²) < 4.78 is 0. The minimum absolute atomic E-state index is 0.0766. The van der Waals surface area contributed by atoms with Crippen LogP contribution in [0.5, 0.6) is 0 Å². The van der Waals surface area contributed by atoms with Gasteiger partial charge in [0.25, 0.3) is 0 Å². The molecule has 0 saturated carbocycles. The van der Waals surface area contributed by atoms with Crippen molar-refractivity contribution < 1.29 is 9.90 Å². The molecule has 1 heterocycles. The number of aliphatic hydroxyl groups is 1. The number of carbonyl (C=O) groups excluding carboxylic acids is 1. The van der Waals surface area contributed by atoms with Crippen LogP contribution in [0.4, 0.5) is 0 Å². The molecular weight excluding hydrogens is 264 g/mol. The highest BCUT2D eigenvalue weighted by Gasteiger charge is 2.42. The predicted molar refractivity (Wildman–Crippen MR) is 84.1 cm³/mol. The number of rotatable bonds is 5. The Labute approximate surface area is 126 Å². The van der Waals surface area contributed by atoms with Crippen LogP contribution in [0, 0.1) is 0 Å². The lowest BCUT2D eigenvalue weighted by molar-refractivity contribution is -0.129. The summed E-state index contributed by atoms with van der Waals surface area (Å²) in [5.74, 6) is 0.0775. The van der Waals surface area contributed by atoms with Crippen molar-refractivity contribution in [2.24, 2.45) is 0 Å². The van der Waals surface area contributed by atoms with E-state index in [4.69, 9.17) is 5.11 Å². The Morgan fingerprint density at radius 1 is 1.29 bits per heavy atom. The van der Waals surface area contributed by atoms with Gasteiger partial charge in [-0.25, -0.2) is 0 Å². The zero-order valence-corrected chi connectivity index (χ0v) is 13.0. The lowest BCUT2D eigenvalue weighted by atomic mass is 9.72. The Morgan fingerprint density at radius 2 is 1.90 bits per heavy atom. The smallest absolute Gasteiger partial charge is 0.231 e. The Kier molecular flexibility index (Phi) is 5.01. The predicted octanol–water partition coefficient (Wildman–Crippen LogP) is 1.58. The van der Waals surface area contributed by atoms with Crippen molar-refractivity contribution in [1.82, 2.24) is 10.6 Å². The van der Waals surface area contributed by atoms with E-state index in [1.54, 1.807) is 0 Å². The van der Waals surface area contributed by atoms with E-state index >= 15 is 0 Å². The average molecular weight is 290 g/mol. The molecule has 1 fully saturated rings. The minimum Gasteiger partial charge on any atom is -0.396 e. The van der Waals surface area contributed by atoms with Crippen LogP contribution in [0.1, 0.15) is 38.7 Å². The van der Waals surface area contributed by atoms with Crippen molar-refractivity contribution in [2.75, 3.05) is 19.7 Å². The summed E-state index contributed by atoms with van der Waals surface area (Å²) in [6.07, 6.45) is 2.16. The standard InChI is InChI=1S/C17H26N2O2/c1-16(2,10-13-20)19-15(21)17(8-11-18-12-9-17)14-6-4-3-5-7-14/h3-7,18,20H,8-13H2,1-2H3,(H,19,21). The van der Waals surface area contributed by atoms with Crippen molar-refractivity contribution in [3.8, 4) is 0 Å². The SMILES string of the molecule is CC(C)(CCO)NC(=O)C1(c2ccccc2)CCNCC1. The van der Waals surface area contributed by atoms with Crippen LogP contribution in [-0.2, 0) is 10.2 Å². The Balaban J connectivity index is 2.26. The monoisotopic (exact) mass is 290 g/mol. The van der Waals surface area contributed by atoms with Crippen LogP contribution in [0.3, 0.4) is 0 Å². The van der Waals surface area contributed by atoms with Crippen molar-refractivity contribution in [2.45, 2.75) is 44.1 Å². The van der Waals surface area contributed by atoms with Crippen molar-refractivity contribution >= 4 is 5.91 Å². The summed E-state index contributed by atoms with van der Waals surface area (Å²) in [5, 5.41) is 15.6. The zero-order valence-electron chi connectivity index (χ0n) is 13.0. The topological polar surface area (TPSA) is 61.4 Å². The Hall–Kier alpha value is -1.39. The lowest BCUT2D eigenvalue weighted by Gasteiger charge is -2.39. The van der Waals surface area contributed by atoms with E-state index in [0.29, 0.717) is 6.42 Å². The number of piperidine rings is 1. The second-order valence-corrected chi connectivity index (χ2v) is 6.51. The highest BCUT2D eigenvalue weighted by molar-refractivity contribution is 5.89.